The molecule has 0 bridgehead atoms. The number of rotatable bonds is 9. The van der Waals surface area contributed by atoms with E-state index in [4.69, 9.17) is 14.2 Å². The minimum Gasteiger partial charge on any atom is -0.495 e. The third-order valence-corrected chi connectivity index (χ3v) is 5.36. The number of fused-ring (bicyclic) bond motifs is 1. The maximum atomic E-state index is 13.6. The standard InChI is InChI=1S/C24H28N6O4/c1-5-13-34-19-12-11-16(14-20(19)33-6-2)22-21(15(3)25-24-27-28-29-30(22)24)23(31)26-17-9-7-8-10-18(17)32-4/h7-12,14,22H,5-6,13H2,1-4H3,(H,26,31)(H,25,27,29). The highest BCUT2D eigenvalue weighted by Gasteiger charge is 2.35. The largest absolute Gasteiger partial charge is 0.495 e. The van der Waals surface area contributed by atoms with Crippen LogP contribution in [0.25, 0.3) is 0 Å². The Balaban J connectivity index is 1.76. The van der Waals surface area contributed by atoms with E-state index < -0.39 is 6.04 Å². The molecule has 10 nitrogen and oxygen atoms in total. The van der Waals surface area contributed by atoms with Gasteiger partial charge in [-0.15, -0.1) is 0 Å². The van der Waals surface area contributed by atoms with E-state index in [1.165, 1.54) is 0 Å². The number of benzene rings is 2. The number of carbonyl (C=O) groups excluding carboxylic acids is 1. The van der Waals surface area contributed by atoms with Crippen LogP contribution in [0.1, 0.15) is 38.8 Å². The summed E-state index contributed by atoms with van der Waals surface area (Å²) in [5, 5.41) is 18.1. The van der Waals surface area contributed by atoms with Crippen LogP contribution in [0.5, 0.6) is 17.2 Å². The maximum absolute atomic E-state index is 13.6. The molecule has 0 spiro atoms. The molecule has 0 saturated heterocycles. The van der Waals surface area contributed by atoms with Crippen molar-refractivity contribution in [2.75, 3.05) is 31.0 Å². The zero-order valence-electron chi connectivity index (χ0n) is 19.7. The Morgan fingerprint density at radius 1 is 1.12 bits per heavy atom. The molecule has 1 atom stereocenters. The first-order valence-electron chi connectivity index (χ1n) is 11.2. The average molecular weight is 465 g/mol. The molecule has 2 aromatic carbocycles. The first kappa shape index (κ1) is 23.1. The zero-order valence-corrected chi connectivity index (χ0v) is 19.7. The van der Waals surface area contributed by atoms with Gasteiger partial charge in [-0.05, 0) is 60.5 Å². The Morgan fingerprint density at radius 2 is 1.94 bits per heavy atom. The summed E-state index contributed by atoms with van der Waals surface area (Å²) in [6.45, 7) is 6.84. The molecule has 0 aliphatic carbocycles. The first-order valence-corrected chi connectivity index (χ1v) is 11.2. The molecule has 3 aromatic rings. The average Bonchev–Trinajstić information content (AvgIpc) is 3.31. The van der Waals surface area contributed by atoms with Crippen LogP contribution in [0.15, 0.2) is 53.7 Å². The number of para-hydroxylation sites is 2. The third kappa shape index (κ3) is 4.52. The van der Waals surface area contributed by atoms with Crippen molar-refractivity contribution < 1.29 is 19.0 Å². The van der Waals surface area contributed by atoms with Gasteiger partial charge in [-0.2, -0.15) is 4.68 Å². The summed E-state index contributed by atoms with van der Waals surface area (Å²) in [5.41, 5.74) is 2.46. The first-order chi connectivity index (χ1) is 16.6. The van der Waals surface area contributed by atoms with Gasteiger partial charge in [0.15, 0.2) is 11.5 Å². The Labute approximate surface area is 197 Å². The van der Waals surface area contributed by atoms with Gasteiger partial charge in [-0.25, -0.2) is 0 Å². The number of carbonyl (C=O) groups is 1. The molecular weight excluding hydrogens is 436 g/mol. The lowest BCUT2D eigenvalue weighted by Crippen LogP contribution is -2.31. The number of hydrogen-bond acceptors (Lipinski definition) is 8. The van der Waals surface area contributed by atoms with Crippen molar-refractivity contribution in [2.24, 2.45) is 0 Å². The third-order valence-electron chi connectivity index (χ3n) is 5.36. The molecule has 178 valence electrons. The van der Waals surface area contributed by atoms with Crippen molar-refractivity contribution in [1.29, 1.82) is 0 Å². The Kier molecular flexibility index (Phi) is 6.95. The van der Waals surface area contributed by atoms with E-state index in [9.17, 15) is 4.79 Å². The Bertz CT molecular complexity index is 1210. The highest BCUT2D eigenvalue weighted by Crippen LogP contribution is 2.39. The van der Waals surface area contributed by atoms with Crippen molar-refractivity contribution in [2.45, 2.75) is 33.2 Å². The molecule has 0 fully saturated rings. The van der Waals surface area contributed by atoms with E-state index in [0.717, 1.165) is 12.0 Å². The van der Waals surface area contributed by atoms with Gasteiger partial charge in [-0.1, -0.05) is 30.2 Å². The van der Waals surface area contributed by atoms with Crippen LogP contribution < -0.4 is 24.8 Å². The number of anilines is 2. The summed E-state index contributed by atoms with van der Waals surface area (Å²) in [6, 6.07) is 12.3. The molecule has 0 radical (unpaired) electrons. The van der Waals surface area contributed by atoms with Crippen molar-refractivity contribution in [3.63, 3.8) is 0 Å². The monoisotopic (exact) mass is 464 g/mol. The van der Waals surface area contributed by atoms with Gasteiger partial charge >= 0.3 is 0 Å². The number of allylic oxidation sites excluding steroid dienone is 1. The van der Waals surface area contributed by atoms with Gasteiger partial charge < -0.3 is 24.8 Å². The molecule has 1 aliphatic rings. The van der Waals surface area contributed by atoms with Gasteiger partial charge in [0.25, 0.3) is 5.91 Å². The molecule has 1 unspecified atom stereocenters. The van der Waals surface area contributed by atoms with Gasteiger partial charge in [0.1, 0.15) is 11.8 Å². The lowest BCUT2D eigenvalue weighted by atomic mass is 9.94. The van der Waals surface area contributed by atoms with Crippen LogP contribution in [0.2, 0.25) is 0 Å². The second kappa shape index (κ2) is 10.2. The van der Waals surface area contributed by atoms with Crippen molar-refractivity contribution in [3.05, 3.63) is 59.3 Å². The number of nitrogens with zero attached hydrogens (tertiary/aromatic N) is 4. The predicted molar refractivity (Wildman–Crippen MR) is 127 cm³/mol. The lowest BCUT2D eigenvalue weighted by Gasteiger charge is -2.28. The Morgan fingerprint density at radius 3 is 2.71 bits per heavy atom. The van der Waals surface area contributed by atoms with Gasteiger partial charge in [0.2, 0.25) is 5.95 Å². The second-order valence-corrected chi connectivity index (χ2v) is 7.66. The van der Waals surface area contributed by atoms with E-state index in [2.05, 4.69) is 26.2 Å². The molecule has 34 heavy (non-hydrogen) atoms. The minimum atomic E-state index is -0.583. The van der Waals surface area contributed by atoms with Crippen LogP contribution in [-0.2, 0) is 4.79 Å². The maximum Gasteiger partial charge on any atom is 0.255 e. The lowest BCUT2D eigenvalue weighted by molar-refractivity contribution is -0.113. The molecule has 2 N–H and O–H groups in total. The fraction of sp³-hybridized carbons (Fsp3) is 0.333. The molecule has 1 aliphatic heterocycles. The van der Waals surface area contributed by atoms with Gasteiger partial charge in [0, 0.05) is 5.70 Å². The van der Waals surface area contributed by atoms with Crippen molar-refractivity contribution >= 4 is 17.5 Å². The summed E-state index contributed by atoms with van der Waals surface area (Å²) >= 11 is 0. The fourth-order valence-electron chi connectivity index (χ4n) is 3.85. The van der Waals surface area contributed by atoms with E-state index in [-0.39, 0.29) is 5.91 Å². The molecule has 4 rings (SSSR count). The van der Waals surface area contributed by atoms with E-state index in [0.29, 0.717) is 53.4 Å². The topological polar surface area (TPSA) is 112 Å². The van der Waals surface area contributed by atoms with E-state index in [1.807, 2.05) is 51.1 Å². The fourth-order valence-corrected chi connectivity index (χ4v) is 3.85. The van der Waals surface area contributed by atoms with E-state index in [1.54, 1.807) is 23.9 Å². The molecule has 1 amide bonds. The highest BCUT2D eigenvalue weighted by atomic mass is 16.5. The normalized spacial score (nSPS) is 14.8. The van der Waals surface area contributed by atoms with Crippen LogP contribution >= 0.6 is 0 Å². The summed E-state index contributed by atoms with van der Waals surface area (Å²) in [5.74, 6) is 1.96. The SMILES string of the molecule is CCCOc1ccc(C2C(C(=O)Nc3ccccc3OC)=C(C)Nc3nnnn32)cc1OCC. The zero-order chi connectivity index (χ0) is 24.1. The number of amides is 1. The van der Waals surface area contributed by atoms with Crippen LogP contribution in [0, 0.1) is 0 Å². The minimum absolute atomic E-state index is 0.301. The van der Waals surface area contributed by atoms with Gasteiger partial charge in [0.05, 0.1) is 31.6 Å². The smallest absolute Gasteiger partial charge is 0.255 e. The summed E-state index contributed by atoms with van der Waals surface area (Å²) < 4.78 is 18.7. The van der Waals surface area contributed by atoms with E-state index >= 15 is 0 Å². The number of tetrazole rings is 1. The second-order valence-electron chi connectivity index (χ2n) is 7.66. The number of ether oxygens (including phenoxy) is 3. The molecule has 10 heteroatoms. The van der Waals surface area contributed by atoms with Crippen molar-refractivity contribution in [3.8, 4) is 17.2 Å². The quantitative estimate of drug-likeness (QED) is 0.492. The van der Waals surface area contributed by atoms with Crippen LogP contribution in [0.4, 0.5) is 11.6 Å². The summed E-state index contributed by atoms with van der Waals surface area (Å²) in [4.78, 5) is 13.6. The predicted octanol–water partition coefficient (Wildman–Crippen LogP) is 3.80. The number of methoxy groups -OCH3 is 1. The number of hydrogen-bond donors (Lipinski definition) is 2. The Hall–Kier alpha value is -4.08. The highest BCUT2D eigenvalue weighted by molar-refractivity contribution is 6.06. The van der Waals surface area contributed by atoms with Gasteiger partial charge in [-0.3, -0.25) is 4.79 Å². The molecule has 1 aromatic heterocycles. The number of aromatic nitrogens is 4. The molecular formula is C24H28N6O4. The van der Waals surface area contributed by atoms with Crippen LogP contribution in [-0.4, -0.2) is 46.4 Å². The van der Waals surface area contributed by atoms with Crippen LogP contribution in [0.3, 0.4) is 0 Å². The summed E-state index contributed by atoms with van der Waals surface area (Å²) in [7, 11) is 1.56. The molecule has 0 saturated carbocycles. The molecule has 2 heterocycles. The van der Waals surface area contributed by atoms with Crippen molar-refractivity contribution in [1.82, 2.24) is 20.2 Å². The number of nitrogens with one attached hydrogen (secondary N) is 2. The summed E-state index contributed by atoms with van der Waals surface area (Å²) in [6.07, 6.45) is 0.880.